The van der Waals surface area contributed by atoms with Crippen molar-refractivity contribution in [1.29, 1.82) is 0 Å². The van der Waals surface area contributed by atoms with Crippen molar-refractivity contribution < 1.29 is 9.59 Å². The lowest BCUT2D eigenvalue weighted by molar-refractivity contribution is -0.116. The van der Waals surface area contributed by atoms with Gasteiger partial charge in [0.25, 0.3) is 5.91 Å². The molecule has 1 N–H and O–H groups in total. The summed E-state index contributed by atoms with van der Waals surface area (Å²) in [6.45, 7) is 4.74. The van der Waals surface area contributed by atoms with Crippen LogP contribution in [0.4, 0.5) is 5.69 Å². The van der Waals surface area contributed by atoms with Gasteiger partial charge < -0.3 is 10.2 Å². The van der Waals surface area contributed by atoms with E-state index >= 15 is 0 Å². The molecule has 4 rings (SSSR count). The average Bonchev–Trinajstić information content (AvgIpc) is 3.61. The number of aromatic nitrogens is 2. The summed E-state index contributed by atoms with van der Waals surface area (Å²) in [5.41, 5.74) is 5.03. The lowest BCUT2D eigenvalue weighted by Crippen LogP contribution is -2.30. The van der Waals surface area contributed by atoms with Crippen molar-refractivity contribution in [2.45, 2.75) is 33.2 Å². The Kier molecular flexibility index (Phi) is 6.07. The topological polar surface area (TPSA) is 75.2 Å². The number of carbonyl (C=O) groups is 2. The van der Waals surface area contributed by atoms with Crippen LogP contribution in [0.2, 0.25) is 0 Å². The van der Waals surface area contributed by atoms with E-state index in [0.717, 1.165) is 34.7 Å². The van der Waals surface area contributed by atoms with Gasteiger partial charge in [0, 0.05) is 49.4 Å². The summed E-state index contributed by atoms with van der Waals surface area (Å²) in [6.07, 6.45) is 5.73. The third kappa shape index (κ3) is 5.15. The third-order valence-corrected chi connectivity index (χ3v) is 5.57. The van der Waals surface area contributed by atoms with E-state index in [9.17, 15) is 9.59 Å². The summed E-state index contributed by atoms with van der Waals surface area (Å²) in [5.74, 6) is 0.524. The molecule has 1 fully saturated rings. The molecule has 0 radical (unpaired) electrons. The summed E-state index contributed by atoms with van der Waals surface area (Å²) in [6, 6.07) is 15.3. The molecule has 3 aromatic rings. The van der Waals surface area contributed by atoms with E-state index in [-0.39, 0.29) is 11.8 Å². The van der Waals surface area contributed by atoms with Crippen LogP contribution in [0.15, 0.2) is 60.9 Å². The van der Waals surface area contributed by atoms with Gasteiger partial charge in [-0.2, -0.15) is 0 Å². The first-order valence-corrected chi connectivity index (χ1v) is 10.5. The molecule has 0 atom stereocenters. The van der Waals surface area contributed by atoms with Gasteiger partial charge in [0.2, 0.25) is 5.91 Å². The average molecular weight is 415 g/mol. The van der Waals surface area contributed by atoms with Crippen LogP contribution in [0, 0.1) is 12.8 Å². The summed E-state index contributed by atoms with van der Waals surface area (Å²) >= 11 is 0. The molecule has 0 bridgehead atoms. The number of nitrogens with one attached hydrogen (secondary N) is 1. The van der Waals surface area contributed by atoms with E-state index in [1.165, 1.54) is 12.8 Å². The Morgan fingerprint density at radius 1 is 1.06 bits per heavy atom. The maximum atomic E-state index is 12.4. The van der Waals surface area contributed by atoms with Crippen molar-refractivity contribution in [1.82, 2.24) is 15.3 Å². The highest BCUT2D eigenvalue weighted by atomic mass is 16.2. The summed E-state index contributed by atoms with van der Waals surface area (Å²) < 4.78 is 0. The van der Waals surface area contributed by atoms with E-state index in [2.05, 4.69) is 15.3 Å². The fourth-order valence-corrected chi connectivity index (χ4v) is 3.47. The first-order valence-electron chi connectivity index (χ1n) is 10.5. The smallest absolute Gasteiger partial charge is 0.253 e. The molecule has 6 nitrogen and oxygen atoms in total. The molecule has 0 saturated heterocycles. The number of hydrogen-bond donors (Lipinski definition) is 1. The Balaban J connectivity index is 1.41. The number of carbonyl (C=O) groups excluding carboxylic acids is 2. The number of aryl methyl sites for hydroxylation is 1. The van der Waals surface area contributed by atoms with Crippen LogP contribution in [0.5, 0.6) is 0 Å². The Hall–Kier alpha value is -3.54. The quantitative estimate of drug-likeness (QED) is 0.630. The molecule has 1 aliphatic rings. The Morgan fingerprint density at radius 3 is 2.45 bits per heavy atom. The highest BCUT2D eigenvalue weighted by Gasteiger charge is 2.26. The molecule has 0 unspecified atom stereocenters. The number of hydrogen-bond acceptors (Lipinski definition) is 4. The second-order valence-electron chi connectivity index (χ2n) is 7.98. The summed E-state index contributed by atoms with van der Waals surface area (Å²) in [5, 5.41) is 2.91. The van der Waals surface area contributed by atoms with Crippen molar-refractivity contribution in [3.63, 3.8) is 0 Å². The molecule has 0 aliphatic heterocycles. The first-order chi connectivity index (χ1) is 15.0. The van der Waals surface area contributed by atoms with Crippen LogP contribution in [-0.2, 0) is 11.3 Å². The lowest BCUT2D eigenvalue weighted by Gasteiger charge is -2.21. The number of benzene rings is 1. The van der Waals surface area contributed by atoms with Crippen LogP contribution in [0.1, 0.15) is 41.4 Å². The minimum absolute atomic E-state index is 0.0645. The summed E-state index contributed by atoms with van der Waals surface area (Å²) in [7, 11) is 0. The monoisotopic (exact) mass is 414 g/mol. The fourth-order valence-electron chi connectivity index (χ4n) is 3.47. The van der Waals surface area contributed by atoms with Gasteiger partial charge in [-0.05, 0) is 61.6 Å². The van der Waals surface area contributed by atoms with Gasteiger partial charge in [-0.3, -0.25) is 19.6 Å². The largest absolute Gasteiger partial charge is 0.348 e. The van der Waals surface area contributed by atoms with Crippen molar-refractivity contribution in [3.05, 3.63) is 77.7 Å². The number of pyridine rings is 2. The lowest BCUT2D eigenvalue weighted by atomic mass is 10.1. The molecule has 0 spiro atoms. The van der Waals surface area contributed by atoms with E-state index in [0.29, 0.717) is 18.0 Å². The number of amides is 2. The van der Waals surface area contributed by atoms with E-state index in [1.807, 2.05) is 54.3 Å². The van der Waals surface area contributed by atoms with Crippen molar-refractivity contribution in [2.75, 3.05) is 11.4 Å². The number of nitrogens with zero attached hydrogens (tertiary/aromatic N) is 3. The van der Waals surface area contributed by atoms with Crippen molar-refractivity contribution in [3.8, 4) is 11.3 Å². The van der Waals surface area contributed by atoms with E-state index in [1.54, 1.807) is 25.4 Å². The Labute approximate surface area is 182 Å². The van der Waals surface area contributed by atoms with Gasteiger partial charge in [-0.15, -0.1) is 0 Å². The van der Waals surface area contributed by atoms with Gasteiger partial charge >= 0.3 is 0 Å². The number of anilines is 1. The molecule has 1 aromatic carbocycles. The molecule has 31 heavy (non-hydrogen) atoms. The maximum absolute atomic E-state index is 12.4. The second kappa shape index (κ2) is 9.08. The molecule has 6 heteroatoms. The van der Waals surface area contributed by atoms with Crippen LogP contribution in [0.3, 0.4) is 0 Å². The third-order valence-electron chi connectivity index (χ3n) is 5.57. The fraction of sp³-hybridized carbons (Fsp3) is 0.280. The first kappa shape index (κ1) is 20.7. The standard InChI is InChI=1S/C25H26N4O2/c1-17-21(4-3-13-26-17)14-28-25(31)22-9-12-24(27-15-22)20-7-10-23(11-8-20)29(18(2)30)16-19-5-6-19/h3-4,7-13,15,19H,5-6,14,16H2,1-2H3,(H,28,31). The highest BCUT2D eigenvalue weighted by Crippen LogP contribution is 2.32. The minimum atomic E-state index is -0.171. The Morgan fingerprint density at radius 2 is 1.84 bits per heavy atom. The van der Waals surface area contributed by atoms with Crippen LogP contribution < -0.4 is 10.2 Å². The molecule has 1 saturated carbocycles. The van der Waals surface area contributed by atoms with Crippen LogP contribution in [-0.4, -0.2) is 28.3 Å². The minimum Gasteiger partial charge on any atom is -0.348 e. The van der Waals surface area contributed by atoms with E-state index in [4.69, 9.17) is 0 Å². The zero-order chi connectivity index (χ0) is 21.8. The molecular weight excluding hydrogens is 388 g/mol. The molecule has 2 aromatic heterocycles. The number of rotatable bonds is 7. The molecule has 2 amide bonds. The van der Waals surface area contributed by atoms with Gasteiger partial charge in [-0.25, -0.2) is 0 Å². The van der Waals surface area contributed by atoms with Crippen LogP contribution >= 0.6 is 0 Å². The molecule has 1 aliphatic carbocycles. The van der Waals surface area contributed by atoms with Gasteiger partial charge in [-0.1, -0.05) is 18.2 Å². The maximum Gasteiger partial charge on any atom is 0.253 e. The molecule has 158 valence electrons. The second-order valence-corrected chi connectivity index (χ2v) is 7.98. The van der Waals surface area contributed by atoms with Crippen molar-refractivity contribution in [2.24, 2.45) is 5.92 Å². The SMILES string of the molecule is CC(=O)N(CC1CC1)c1ccc(-c2ccc(C(=O)NCc3cccnc3C)cn2)cc1. The molecule has 2 heterocycles. The predicted octanol–water partition coefficient (Wildman–Crippen LogP) is 4.14. The zero-order valence-corrected chi connectivity index (χ0v) is 17.8. The van der Waals surface area contributed by atoms with Gasteiger partial charge in [0.15, 0.2) is 0 Å². The van der Waals surface area contributed by atoms with Crippen molar-refractivity contribution >= 4 is 17.5 Å². The normalized spacial score (nSPS) is 13.0. The van der Waals surface area contributed by atoms with Crippen LogP contribution in [0.25, 0.3) is 11.3 Å². The zero-order valence-electron chi connectivity index (χ0n) is 17.8. The van der Waals surface area contributed by atoms with Gasteiger partial charge in [0.05, 0.1) is 11.3 Å². The van der Waals surface area contributed by atoms with Gasteiger partial charge in [0.1, 0.15) is 0 Å². The highest BCUT2D eigenvalue weighted by molar-refractivity contribution is 5.94. The summed E-state index contributed by atoms with van der Waals surface area (Å²) in [4.78, 5) is 35.0. The molecular formula is C25H26N4O2. The predicted molar refractivity (Wildman–Crippen MR) is 121 cm³/mol. The van der Waals surface area contributed by atoms with E-state index < -0.39 is 0 Å². The Bertz CT molecular complexity index is 1070.